The lowest BCUT2D eigenvalue weighted by molar-refractivity contribution is -0.137. The molecule has 0 saturated heterocycles. The maximum absolute atomic E-state index is 12.4. The molecule has 0 aromatic carbocycles. The molecule has 0 aliphatic carbocycles. The number of anilines is 1. The van der Waals surface area contributed by atoms with E-state index in [0.29, 0.717) is 4.88 Å². The molecule has 0 aliphatic rings. The highest BCUT2D eigenvalue weighted by Gasteiger charge is 2.25. The summed E-state index contributed by atoms with van der Waals surface area (Å²) in [6.07, 6.45) is 1.46. The summed E-state index contributed by atoms with van der Waals surface area (Å²) in [4.78, 5) is 35.7. The molecule has 0 fully saturated rings. The Labute approximate surface area is 142 Å². The summed E-state index contributed by atoms with van der Waals surface area (Å²) in [6, 6.07) is 4.21. The average molecular weight is 350 g/mol. The molecule has 8 nitrogen and oxygen atoms in total. The Kier molecular flexibility index (Phi) is 5.69. The van der Waals surface area contributed by atoms with Gasteiger partial charge in [-0.3, -0.25) is 19.1 Å². The third-order valence-corrected chi connectivity index (χ3v) is 4.04. The predicted octanol–water partition coefficient (Wildman–Crippen LogP) is 1.42. The van der Waals surface area contributed by atoms with Gasteiger partial charge in [-0.2, -0.15) is 5.10 Å². The van der Waals surface area contributed by atoms with E-state index in [4.69, 9.17) is 5.11 Å². The third kappa shape index (κ3) is 4.66. The quantitative estimate of drug-likeness (QED) is 0.699. The molecule has 0 saturated carbocycles. The Morgan fingerprint density at radius 1 is 1.33 bits per heavy atom. The van der Waals surface area contributed by atoms with Crippen molar-refractivity contribution < 1.29 is 19.5 Å². The van der Waals surface area contributed by atoms with Crippen molar-refractivity contribution in [3.05, 3.63) is 34.7 Å². The zero-order valence-corrected chi connectivity index (χ0v) is 14.0. The minimum absolute atomic E-state index is 0.130. The summed E-state index contributed by atoms with van der Waals surface area (Å²) in [5.74, 6) is -1.64. The number of hydrogen-bond donors (Lipinski definition) is 3. The van der Waals surface area contributed by atoms with Crippen molar-refractivity contribution in [3.8, 4) is 0 Å². The Morgan fingerprint density at radius 2 is 2.08 bits per heavy atom. The highest BCUT2D eigenvalue weighted by molar-refractivity contribution is 7.12. The molecule has 2 rings (SSSR count). The van der Waals surface area contributed by atoms with E-state index in [1.807, 2.05) is 13.8 Å². The van der Waals surface area contributed by atoms with Crippen LogP contribution < -0.4 is 10.6 Å². The number of nitrogens with one attached hydrogen (secondary N) is 2. The van der Waals surface area contributed by atoms with Crippen LogP contribution in [0, 0.1) is 5.92 Å². The largest absolute Gasteiger partial charge is 0.480 e. The normalized spacial score (nSPS) is 12.0. The number of hydrogen-bond acceptors (Lipinski definition) is 5. The molecule has 1 unspecified atom stereocenters. The van der Waals surface area contributed by atoms with E-state index >= 15 is 0 Å². The van der Waals surface area contributed by atoms with Gasteiger partial charge in [0.1, 0.15) is 12.6 Å². The first-order chi connectivity index (χ1) is 11.4. The van der Waals surface area contributed by atoms with Crippen LogP contribution in [0.5, 0.6) is 0 Å². The first-order valence-electron chi connectivity index (χ1n) is 7.27. The molecule has 0 spiro atoms. The summed E-state index contributed by atoms with van der Waals surface area (Å²) < 4.78 is 1.20. The second kappa shape index (κ2) is 7.73. The van der Waals surface area contributed by atoms with Gasteiger partial charge in [-0.05, 0) is 17.4 Å². The average Bonchev–Trinajstić information content (AvgIpc) is 3.15. The number of aliphatic carboxylic acids is 1. The van der Waals surface area contributed by atoms with Crippen LogP contribution >= 0.6 is 11.3 Å². The van der Waals surface area contributed by atoms with Crippen molar-refractivity contribution >= 4 is 34.9 Å². The third-order valence-electron chi connectivity index (χ3n) is 3.17. The zero-order valence-electron chi connectivity index (χ0n) is 13.2. The number of nitrogens with zero attached hydrogens (tertiary/aromatic N) is 2. The van der Waals surface area contributed by atoms with Crippen LogP contribution in [0.2, 0.25) is 0 Å². The van der Waals surface area contributed by atoms with Gasteiger partial charge in [0.05, 0.1) is 4.88 Å². The van der Waals surface area contributed by atoms with Crippen LogP contribution in [0.4, 0.5) is 5.82 Å². The number of aromatic nitrogens is 2. The van der Waals surface area contributed by atoms with Crippen molar-refractivity contribution in [1.29, 1.82) is 0 Å². The summed E-state index contributed by atoms with van der Waals surface area (Å²) in [5.41, 5.74) is 0. The Hall–Kier alpha value is -2.68. The molecule has 9 heteroatoms. The lowest BCUT2D eigenvalue weighted by Crippen LogP contribution is -2.47. The topological polar surface area (TPSA) is 113 Å². The number of carboxylic acid groups (broad SMARTS) is 1. The van der Waals surface area contributed by atoms with Crippen LogP contribution in [-0.2, 0) is 16.1 Å². The van der Waals surface area contributed by atoms with Crippen LogP contribution in [0.3, 0.4) is 0 Å². The Bertz CT molecular complexity index is 724. The molecule has 0 radical (unpaired) electrons. The fourth-order valence-electron chi connectivity index (χ4n) is 2.01. The first kappa shape index (κ1) is 17.7. The highest BCUT2D eigenvalue weighted by Crippen LogP contribution is 2.12. The molecule has 2 aromatic heterocycles. The van der Waals surface area contributed by atoms with E-state index in [1.165, 1.54) is 28.3 Å². The van der Waals surface area contributed by atoms with Gasteiger partial charge in [-0.25, -0.2) is 0 Å². The molecule has 0 bridgehead atoms. The van der Waals surface area contributed by atoms with Crippen LogP contribution in [0.25, 0.3) is 0 Å². The van der Waals surface area contributed by atoms with Crippen molar-refractivity contribution in [2.24, 2.45) is 5.92 Å². The molecular formula is C15H18N4O4S. The monoisotopic (exact) mass is 350 g/mol. The maximum Gasteiger partial charge on any atom is 0.325 e. The first-order valence-corrected chi connectivity index (χ1v) is 8.15. The van der Waals surface area contributed by atoms with Crippen LogP contribution in [-0.4, -0.2) is 38.7 Å². The van der Waals surface area contributed by atoms with Gasteiger partial charge in [0.25, 0.3) is 5.91 Å². The standard InChI is InChI=1S/C15H18N4O4S/c1-9(2)13(17-14(22)10-4-3-7-24-10)15(23)16-11-5-6-19(18-11)8-12(20)21/h3-7,9,13H,8H2,1-2H3,(H,17,22)(H,20,21)(H,16,18,23). The predicted molar refractivity (Wildman–Crippen MR) is 88.9 cm³/mol. The van der Waals surface area contributed by atoms with E-state index in [1.54, 1.807) is 17.5 Å². The summed E-state index contributed by atoms with van der Waals surface area (Å²) in [6.45, 7) is 3.35. The van der Waals surface area contributed by atoms with E-state index in [-0.39, 0.29) is 24.2 Å². The van der Waals surface area contributed by atoms with Gasteiger partial charge in [-0.1, -0.05) is 19.9 Å². The van der Waals surface area contributed by atoms with Crippen molar-refractivity contribution in [1.82, 2.24) is 15.1 Å². The minimum Gasteiger partial charge on any atom is -0.480 e. The van der Waals surface area contributed by atoms with Crippen LogP contribution in [0.1, 0.15) is 23.5 Å². The van der Waals surface area contributed by atoms with Gasteiger partial charge in [0, 0.05) is 12.3 Å². The van der Waals surface area contributed by atoms with Crippen LogP contribution in [0.15, 0.2) is 29.8 Å². The fraction of sp³-hybridized carbons (Fsp3) is 0.333. The van der Waals surface area contributed by atoms with Gasteiger partial charge < -0.3 is 15.7 Å². The summed E-state index contributed by atoms with van der Waals surface area (Å²) >= 11 is 1.29. The number of carboxylic acids is 1. The van der Waals surface area contributed by atoms with E-state index < -0.39 is 17.9 Å². The minimum atomic E-state index is -1.03. The van der Waals surface area contributed by atoms with Gasteiger partial charge in [0.15, 0.2) is 5.82 Å². The van der Waals surface area contributed by atoms with Gasteiger partial charge >= 0.3 is 5.97 Å². The molecule has 2 amide bonds. The molecule has 3 N–H and O–H groups in total. The molecule has 2 heterocycles. The molecule has 0 aliphatic heterocycles. The zero-order chi connectivity index (χ0) is 17.7. The van der Waals surface area contributed by atoms with Crippen molar-refractivity contribution in [3.63, 3.8) is 0 Å². The lowest BCUT2D eigenvalue weighted by atomic mass is 10.0. The molecule has 24 heavy (non-hydrogen) atoms. The molecular weight excluding hydrogens is 332 g/mol. The maximum atomic E-state index is 12.4. The van der Waals surface area contributed by atoms with E-state index in [0.717, 1.165) is 0 Å². The number of thiophene rings is 1. The Balaban J connectivity index is 2.02. The summed E-state index contributed by atoms with van der Waals surface area (Å²) in [7, 11) is 0. The van der Waals surface area contributed by atoms with Crippen molar-refractivity contribution in [2.75, 3.05) is 5.32 Å². The Morgan fingerprint density at radius 3 is 2.67 bits per heavy atom. The van der Waals surface area contributed by atoms with Crippen molar-refractivity contribution in [2.45, 2.75) is 26.4 Å². The number of carbonyl (C=O) groups excluding carboxylic acids is 2. The lowest BCUT2D eigenvalue weighted by Gasteiger charge is -2.20. The van der Waals surface area contributed by atoms with Gasteiger partial charge in [0.2, 0.25) is 5.91 Å². The van der Waals surface area contributed by atoms with Gasteiger partial charge in [-0.15, -0.1) is 11.3 Å². The fourth-order valence-corrected chi connectivity index (χ4v) is 2.64. The highest BCUT2D eigenvalue weighted by atomic mass is 32.1. The number of amides is 2. The molecule has 128 valence electrons. The second-order valence-corrected chi connectivity index (χ2v) is 6.40. The molecule has 2 aromatic rings. The van der Waals surface area contributed by atoms with E-state index in [2.05, 4.69) is 15.7 Å². The second-order valence-electron chi connectivity index (χ2n) is 5.45. The summed E-state index contributed by atoms with van der Waals surface area (Å²) in [5, 5.41) is 19.8. The SMILES string of the molecule is CC(C)C(NC(=O)c1cccs1)C(=O)Nc1ccn(CC(=O)O)n1. The number of rotatable bonds is 7. The van der Waals surface area contributed by atoms with E-state index in [9.17, 15) is 14.4 Å². The molecule has 1 atom stereocenters. The number of carbonyl (C=O) groups is 3. The smallest absolute Gasteiger partial charge is 0.325 e.